The standard InChI is InChI=1S/C27H21FN4O/c1-18-30-25-14-7-20(17-26(25)32(18)24-12-8-21(28)9-13-24)27(33)31-22-10-5-19(6-11-22)16-23-4-2-3-15-29-23/h2-15,17H,16H2,1H3,(H,31,33). The van der Waals surface area contributed by atoms with Crippen LogP contribution in [0.15, 0.2) is 91.1 Å². The number of aromatic nitrogens is 3. The van der Waals surface area contributed by atoms with Gasteiger partial charge in [-0.3, -0.25) is 14.3 Å². The van der Waals surface area contributed by atoms with Gasteiger partial charge in [-0.25, -0.2) is 9.37 Å². The molecule has 0 aliphatic heterocycles. The number of aryl methyl sites for hydroxylation is 1. The summed E-state index contributed by atoms with van der Waals surface area (Å²) in [6.45, 7) is 1.88. The fourth-order valence-corrected chi connectivity index (χ4v) is 3.87. The zero-order chi connectivity index (χ0) is 22.8. The number of carbonyl (C=O) groups excluding carboxylic acids is 1. The predicted octanol–water partition coefficient (Wildman–Crippen LogP) is 5.71. The van der Waals surface area contributed by atoms with Crippen LogP contribution in [0.3, 0.4) is 0 Å². The van der Waals surface area contributed by atoms with Crippen molar-refractivity contribution in [1.29, 1.82) is 0 Å². The highest BCUT2D eigenvalue weighted by Gasteiger charge is 2.13. The lowest BCUT2D eigenvalue weighted by Gasteiger charge is -2.09. The zero-order valence-electron chi connectivity index (χ0n) is 18.0. The summed E-state index contributed by atoms with van der Waals surface area (Å²) in [5.74, 6) is 0.253. The van der Waals surface area contributed by atoms with Crippen LogP contribution in [-0.4, -0.2) is 20.4 Å². The van der Waals surface area contributed by atoms with E-state index in [4.69, 9.17) is 0 Å². The Hall–Kier alpha value is -4.32. The first kappa shape index (κ1) is 20.6. The average Bonchev–Trinajstić information content (AvgIpc) is 3.16. The summed E-state index contributed by atoms with van der Waals surface area (Å²) in [5, 5.41) is 2.95. The Morgan fingerprint density at radius 1 is 0.970 bits per heavy atom. The molecule has 3 aromatic carbocycles. The van der Waals surface area contributed by atoms with Gasteiger partial charge in [0.15, 0.2) is 0 Å². The minimum Gasteiger partial charge on any atom is -0.322 e. The summed E-state index contributed by atoms with van der Waals surface area (Å²) in [7, 11) is 0. The molecule has 6 heteroatoms. The van der Waals surface area contributed by atoms with Crippen molar-refractivity contribution in [3.8, 4) is 5.69 Å². The van der Waals surface area contributed by atoms with Crippen LogP contribution in [0.1, 0.15) is 27.4 Å². The number of fused-ring (bicyclic) bond motifs is 1. The summed E-state index contributed by atoms with van der Waals surface area (Å²) in [6.07, 6.45) is 2.52. The Kier molecular flexibility index (Phi) is 5.40. The van der Waals surface area contributed by atoms with Crippen LogP contribution >= 0.6 is 0 Å². The Morgan fingerprint density at radius 3 is 2.48 bits per heavy atom. The van der Waals surface area contributed by atoms with Gasteiger partial charge < -0.3 is 5.32 Å². The number of hydrogen-bond donors (Lipinski definition) is 1. The maximum Gasteiger partial charge on any atom is 0.255 e. The van der Waals surface area contributed by atoms with E-state index in [1.54, 1.807) is 24.4 Å². The third-order valence-corrected chi connectivity index (χ3v) is 5.49. The van der Waals surface area contributed by atoms with E-state index in [2.05, 4.69) is 15.3 Å². The van der Waals surface area contributed by atoms with E-state index in [0.717, 1.165) is 40.2 Å². The molecule has 0 radical (unpaired) electrons. The van der Waals surface area contributed by atoms with Crippen molar-refractivity contribution in [3.63, 3.8) is 0 Å². The fourth-order valence-electron chi connectivity index (χ4n) is 3.87. The van der Waals surface area contributed by atoms with E-state index in [0.29, 0.717) is 11.3 Å². The SMILES string of the molecule is Cc1nc2ccc(C(=O)Nc3ccc(Cc4ccccn4)cc3)cc2n1-c1ccc(F)cc1. The normalized spacial score (nSPS) is 11.0. The largest absolute Gasteiger partial charge is 0.322 e. The third-order valence-electron chi connectivity index (χ3n) is 5.49. The minimum absolute atomic E-state index is 0.209. The average molecular weight is 436 g/mol. The second-order valence-corrected chi connectivity index (χ2v) is 7.82. The monoisotopic (exact) mass is 436 g/mol. The molecular formula is C27H21FN4O. The second kappa shape index (κ2) is 8.67. The number of nitrogens with zero attached hydrogens (tertiary/aromatic N) is 3. The number of rotatable bonds is 5. The van der Waals surface area contributed by atoms with Gasteiger partial charge in [0.1, 0.15) is 11.6 Å². The maximum atomic E-state index is 13.4. The summed E-state index contributed by atoms with van der Waals surface area (Å²) < 4.78 is 15.3. The number of imidazole rings is 1. The molecule has 2 heterocycles. The molecule has 0 bridgehead atoms. The Balaban J connectivity index is 1.37. The van der Waals surface area contributed by atoms with Crippen molar-refractivity contribution in [2.24, 2.45) is 0 Å². The van der Waals surface area contributed by atoms with Crippen molar-refractivity contribution in [2.75, 3.05) is 5.32 Å². The topological polar surface area (TPSA) is 59.8 Å². The maximum absolute atomic E-state index is 13.4. The molecule has 0 aliphatic rings. The number of nitrogens with one attached hydrogen (secondary N) is 1. The smallest absolute Gasteiger partial charge is 0.255 e. The lowest BCUT2D eigenvalue weighted by atomic mass is 10.1. The molecule has 162 valence electrons. The van der Waals surface area contributed by atoms with Crippen molar-refractivity contribution >= 4 is 22.6 Å². The lowest BCUT2D eigenvalue weighted by Crippen LogP contribution is -2.12. The highest BCUT2D eigenvalue weighted by atomic mass is 19.1. The Labute approximate surface area is 190 Å². The predicted molar refractivity (Wildman–Crippen MR) is 127 cm³/mol. The molecule has 2 aromatic heterocycles. The molecule has 5 nitrogen and oxygen atoms in total. The van der Waals surface area contributed by atoms with Gasteiger partial charge in [-0.1, -0.05) is 18.2 Å². The molecule has 33 heavy (non-hydrogen) atoms. The molecule has 0 fully saturated rings. The highest BCUT2D eigenvalue weighted by molar-refractivity contribution is 6.06. The first-order chi connectivity index (χ1) is 16.1. The molecule has 0 saturated heterocycles. The van der Waals surface area contributed by atoms with Crippen LogP contribution in [0.25, 0.3) is 16.7 Å². The molecule has 1 N–H and O–H groups in total. The summed E-state index contributed by atoms with van der Waals surface area (Å²) in [5.41, 5.74) is 5.70. The second-order valence-electron chi connectivity index (χ2n) is 7.82. The van der Waals surface area contributed by atoms with E-state index in [1.807, 2.05) is 66.1 Å². The van der Waals surface area contributed by atoms with Crippen molar-refractivity contribution in [1.82, 2.24) is 14.5 Å². The number of carbonyl (C=O) groups is 1. The number of hydrogen-bond acceptors (Lipinski definition) is 3. The van der Waals surface area contributed by atoms with Crippen molar-refractivity contribution < 1.29 is 9.18 Å². The molecule has 0 spiro atoms. The van der Waals surface area contributed by atoms with Gasteiger partial charge in [-0.15, -0.1) is 0 Å². The molecule has 1 amide bonds. The zero-order valence-corrected chi connectivity index (χ0v) is 18.0. The molecule has 0 saturated carbocycles. The van der Waals surface area contributed by atoms with Crippen molar-refractivity contribution in [2.45, 2.75) is 13.3 Å². The van der Waals surface area contributed by atoms with E-state index < -0.39 is 0 Å². The summed E-state index contributed by atoms with van der Waals surface area (Å²) in [6, 6.07) is 25.2. The van der Waals surface area contributed by atoms with Gasteiger partial charge in [-0.05, 0) is 79.2 Å². The van der Waals surface area contributed by atoms with Gasteiger partial charge in [0.05, 0.1) is 11.0 Å². The van der Waals surface area contributed by atoms with Gasteiger partial charge in [-0.2, -0.15) is 0 Å². The number of anilines is 1. The fraction of sp³-hybridized carbons (Fsp3) is 0.0741. The molecule has 5 aromatic rings. The molecule has 5 rings (SSSR count). The van der Waals surface area contributed by atoms with Crippen LogP contribution in [0.2, 0.25) is 0 Å². The lowest BCUT2D eigenvalue weighted by molar-refractivity contribution is 0.102. The number of benzene rings is 3. The first-order valence-corrected chi connectivity index (χ1v) is 10.6. The van der Waals surface area contributed by atoms with Crippen LogP contribution < -0.4 is 5.32 Å². The van der Waals surface area contributed by atoms with Crippen LogP contribution in [0.5, 0.6) is 0 Å². The number of halogens is 1. The molecule has 0 atom stereocenters. The summed E-state index contributed by atoms with van der Waals surface area (Å²) >= 11 is 0. The van der Waals surface area contributed by atoms with Gasteiger partial charge in [0, 0.05) is 35.2 Å². The molecule has 0 unspecified atom stereocenters. The highest BCUT2D eigenvalue weighted by Crippen LogP contribution is 2.23. The van der Waals surface area contributed by atoms with E-state index in [9.17, 15) is 9.18 Å². The first-order valence-electron chi connectivity index (χ1n) is 10.6. The third kappa shape index (κ3) is 4.36. The molecular weight excluding hydrogens is 415 g/mol. The van der Waals surface area contributed by atoms with Crippen LogP contribution in [0.4, 0.5) is 10.1 Å². The molecule has 0 aliphatic carbocycles. The van der Waals surface area contributed by atoms with Crippen LogP contribution in [0, 0.1) is 12.7 Å². The number of pyridine rings is 1. The summed E-state index contributed by atoms with van der Waals surface area (Å²) in [4.78, 5) is 21.9. The van der Waals surface area contributed by atoms with Gasteiger partial charge >= 0.3 is 0 Å². The Bertz CT molecular complexity index is 1430. The number of amides is 1. The van der Waals surface area contributed by atoms with E-state index in [-0.39, 0.29) is 11.7 Å². The van der Waals surface area contributed by atoms with E-state index >= 15 is 0 Å². The van der Waals surface area contributed by atoms with Gasteiger partial charge in [0.2, 0.25) is 0 Å². The minimum atomic E-state index is -0.299. The quantitative estimate of drug-likeness (QED) is 0.384. The van der Waals surface area contributed by atoms with Gasteiger partial charge in [0.25, 0.3) is 5.91 Å². The van der Waals surface area contributed by atoms with Crippen molar-refractivity contribution in [3.05, 3.63) is 120 Å². The van der Waals surface area contributed by atoms with E-state index in [1.165, 1.54) is 12.1 Å². The van der Waals surface area contributed by atoms with Crippen LogP contribution in [-0.2, 0) is 6.42 Å². The Morgan fingerprint density at radius 2 is 1.76 bits per heavy atom.